The number of rotatable bonds is 1. The summed E-state index contributed by atoms with van der Waals surface area (Å²) >= 11 is 3.90. The lowest BCUT2D eigenvalue weighted by atomic mass is 10.2. The van der Waals surface area contributed by atoms with Crippen LogP contribution in [0.2, 0.25) is 0 Å². The summed E-state index contributed by atoms with van der Waals surface area (Å²) in [5.74, 6) is 9.88. The van der Waals surface area contributed by atoms with Gasteiger partial charge in [0.1, 0.15) is 10.3 Å². The van der Waals surface area contributed by atoms with E-state index in [-0.39, 0.29) is 0 Å². The van der Waals surface area contributed by atoms with E-state index in [1.54, 1.807) is 7.11 Å². The van der Waals surface area contributed by atoms with Crippen LogP contribution in [0.15, 0.2) is 24.3 Å². The zero-order valence-corrected chi connectivity index (χ0v) is 10.9. The molecular formula is C13H14OS2. The van der Waals surface area contributed by atoms with Crippen LogP contribution >= 0.6 is 23.5 Å². The predicted molar refractivity (Wildman–Crippen MR) is 73.2 cm³/mol. The summed E-state index contributed by atoms with van der Waals surface area (Å²) in [6.07, 6.45) is 1.31. The molecule has 0 radical (unpaired) electrons. The summed E-state index contributed by atoms with van der Waals surface area (Å²) < 4.78 is 5.61. The van der Waals surface area contributed by atoms with Gasteiger partial charge in [0.15, 0.2) is 0 Å². The van der Waals surface area contributed by atoms with Crippen LogP contribution in [0.4, 0.5) is 0 Å². The van der Waals surface area contributed by atoms with Gasteiger partial charge in [-0.25, -0.2) is 0 Å². The molecule has 2 rings (SSSR count). The molecule has 1 aromatic rings. The molecule has 0 aliphatic carbocycles. The third kappa shape index (κ3) is 3.40. The first-order chi connectivity index (χ1) is 7.88. The van der Waals surface area contributed by atoms with Crippen LogP contribution in [-0.4, -0.2) is 23.2 Å². The molecule has 16 heavy (non-hydrogen) atoms. The maximum atomic E-state index is 5.17. The minimum Gasteiger partial charge on any atom is -0.497 e. The average Bonchev–Trinajstić information content (AvgIpc) is 2.38. The van der Waals surface area contributed by atoms with Crippen molar-refractivity contribution in [3.05, 3.63) is 29.8 Å². The fraction of sp³-hybridized carbons (Fsp3) is 0.385. The third-order valence-corrected chi connectivity index (χ3v) is 4.94. The molecule has 1 saturated heterocycles. The molecule has 1 aliphatic rings. The molecule has 0 aromatic heterocycles. The lowest BCUT2D eigenvalue weighted by Gasteiger charge is -2.14. The van der Waals surface area contributed by atoms with Crippen molar-refractivity contribution in [3.8, 4) is 17.6 Å². The quantitative estimate of drug-likeness (QED) is 0.708. The number of methoxy groups -OCH3 is 1. The number of ether oxygens (including phenoxy) is 1. The summed E-state index contributed by atoms with van der Waals surface area (Å²) in [6, 6.07) is 7.91. The molecule has 1 nitrogen and oxygen atoms in total. The fourth-order valence-corrected chi connectivity index (χ4v) is 3.89. The van der Waals surface area contributed by atoms with Crippen LogP contribution in [0.3, 0.4) is 0 Å². The smallest absolute Gasteiger partial charge is 0.120 e. The molecule has 0 amide bonds. The Morgan fingerprint density at radius 2 is 2.12 bits per heavy atom. The van der Waals surface area contributed by atoms with E-state index >= 15 is 0 Å². The van der Waals surface area contributed by atoms with E-state index in [0.717, 1.165) is 11.3 Å². The SMILES string of the molecule is COc1cccc(C#CC2SCCCS2)c1. The lowest BCUT2D eigenvalue weighted by Crippen LogP contribution is -2.03. The highest BCUT2D eigenvalue weighted by atomic mass is 32.2. The van der Waals surface area contributed by atoms with Gasteiger partial charge in [0.2, 0.25) is 0 Å². The van der Waals surface area contributed by atoms with E-state index in [1.165, 1.54) is 17.9 Å². The number of thioether (sulfide) groups is 2. The van der Waals surface area contributed by atoms with E-state index in [4.69, 9.17) is 4.74 Å². The molecule has 3 heteroatoms. The molecule has 0 bridgehead atoms. The van der Waals surface area contributed by atoms with Crippen LogP contribution in [0, 0.1) is 11.8 Å². The topological polar surface area (TPSA) is 9.23 Å². The van der Waals surface area contributed by atoms with Gasteiger partial charge in [0, 0.05) is 5.56 Å². The molecule has 0 spiro atoms. The summed E-state index contributed by atoms with van der Waals surface area (Å²) in [6.45, 7) is 0. The van der Waals surface area contributed by atoms with Crippen molar-refractivity contribution in [2.75, 3.05) is 18.6 Å². The second kappa shape index (κ2) is 6.12. The van der Waals surface area contributed by atoms with Crippen molar-refractivity contribution in [2.24, 2.45) is 0 Å². The second-order valence-electron chi connectivity index (χ2n) is 3.43. The average molecular weight is 250 g/mol. The third-order valence-electron chi connectivity index (χ3n) is 2.23. The fourth-order valence-electron chi connectivity index (χ4n) is 1.41. The Balaban J connectivity index is 2.04. The van der Waals surface area contributed by atoms with Crippen LogP contribution in [0.5, 0.6) is 5.75 Å². The molecule has 0 saturated carbocycles. The molecule has 1 heterocycles. The molecule has 84 valence electrons. The van der Waals surface area contributed by atoms with Gasteiger partial charge >= 0.3 is 0 Å². The Labute approximate surface area is 105 Å². The summed E-state index contributed by atoms with van der Waals surface area (Å²) in [5, 5.41) is 0. The highest BCUT2D eigenvalue weighted by Crippen LogP contribution is 2.29. The van der Waals surface area contributed by atoms with Gasteiger partial charge in [0.25, 0.3) is 0 Å². The van der Waals surface area contributed by atoms with Gasteiger partial charge in [0.05, 0.1) is 7.11 Å². The molecule has 1 fully saturated rings. The maximum absolute atomic E-state index is 5.17. The van der Waals surface area contributed by atoms with Gasteiger partial charge in [-0.05, 0) is 36.1 Å². The Morgan fingerprint density at radius 1 is 1.31 bits per heavy atom. The minimum atomic E-state index is 0.444. The Bertz CT molecular complexity index is 400. The highest BCUT2D eigenvalue weighted by molar-refractivity contribution is 8.17. The Morgan fingerprint density at radius 3 is 2.88 bits per heavy atom. The van der Waals surface area contributed by atoms with Crippen LogP contribution in [0.1, 0.15) is 12.0 Å². The Hall–Kier alpha value is -0.720. The van der Waals surface area contributed by atoms with Gasteiger partial charge < -0.3 is 4.74 Å². The monoisotopic (exact) mass is 250 g/mol. The van der Waals surface area contributed by atoms with E-state index in [2.05, 4.69) is 11.8 Å². The van der Waals surface area contributed by atoms with Crippen molar-refractivity contribution in [2.45, 2.75) is 11.0 Å². The zero-order valence-electron chi connectivity index (χ0n) is 9.23. The molecule has 1 aliphatic heterocycles. The van der Waals surface area contributed by atoms with E-state index in [1.807, 2.05) is 47.8 Å². The maximum Gasteiger partial charge on any atom is 0.120 e. The van der Waals surface area contributed by atoms with Crippen molar-refractivity contribution in [1.29, 1.82) is 0 Å². The number of hydrogen-bond donors (Lipinski definition) is 0. The summed E-state index contributed by atoms with van der Waals surface area (Å²) in [5.41, 5.74) is 1.03. The van der Waals surface area contributed by atoms with E-state index in [0.29, 0.717) is 4.58 Å². The van der Waals surface area contributed by atoms with E-state index in [9.17, 15) is 0 Å². The summed E-state index contributed by atoms with van der Waals surface area (Å²) in [4.78, 5) is 0. The minimum absolute atomic E-state index is 0.444. The Kier molecular flexibility index (Phi) is 4.50. The molecule has 1 aromatic carbocycles. The van der Waals surface area contributed by atoms with Crippen molar-refractivity contribution in [1.82, 2.24) is 0 Å². The number of benzene rings is 1. The van der Waals surface area contributed by atoms with Gasteiger partial charge in [-0.1, -0.05) is 17.9 Å². The summed E-state index contributed by atoms with van der Waals surface area (Å²) in [7, 11) is 1.68. The van der Waals surface area contributed by atoms with Crippen molar-refractivity contribution >= 4 is 23.5 Å². The van der Waals surface area contributed by atoms with Gasteiger partial charge in [-0.15, -0.1) is 23.5 Å². The predicted octanol–water partition coefficient (Wildman–Crippen LogP) is 3.24. The highest BCUT2D eigenvalue weighted by Gasteiger charge is 2.10. The molecular weight excluding hydrogens is 236 g/mol. The van der Waals surface area contributed by atoms with Crippen LogP contribution < -0.4 is 4.74 Å². The largest absolute Gasteiger partial charge is 0.497 e. The molecule has 0 N–H and O–H groups in total. The normalized spacial score (nSPS) is 16.3. The number of hydrogen-bond acceptors (Lipinski definition) is 3. The van der Waals surface area contributed by atoms with E-state index < -0.39 is 0 Å². The molecule has 0 atom stereocenters. The second-order valence-corrected chi connectivity index (χ2v) is 6.15. The zero-order chi connectivity index (χ0) is 11.2. The first-order valence-corrected chi connectivity index (χ1v) is 7.37. The lowest BCUT2D eigenvalue weighted by molar-refractivity contribution is 0.414. The van der Waals surface area contributed by atoms with Gasteiger partial charge in [-0.3, -0.25) is 0 Å². The van der Waals surface area contributed by atoms with Crippen molar-refractivity contribution < 1.29 is 4.74 Å². The first-order valence-electron chi connectivity index (χ1n) is 5.27. The van der Waals surface area contributed by atoms with Crippen LogP contribution in [0.25, 0.3) is 0 Å². The first kappa shape index (κ1) is 11.8. The molecule has 0 unspecified atom stereocenters. The van der Waals surface area contributed by atoms with Crippen molar-refractivity contribution in [3.63, 3.8) is 0 Å². The standard InChI is InChI=1S/C13H14OS2/c1-14-12-5-2-4-11(10-12)6-7-13-15-8-3-9-16-13/h2,4-5,10,13H,3,8-9H2,1H3. The van der Waals surface area contributed by atoms with Crippen LogP contribution in [-0.2, 0) is 0 Å². The van der Waals surface area contributed by atoms with Gasteiger partial charge in [-0.2, -0.15) is 0 Å².